The minimum absolute atomic E-state index is 0.0279. The summed E-state index contributed by atoms with van der Waals surface area (Å²) in [4.78, 5) is 16.1. The van der Waals surface area contributed by atoms with Crippen LogP contribution in [0.5, 0.6) is 5.75 Å². The summed E-state index contributed by atoms with van der Waals surface area (Å²) in [6, 6.07) is 12.2. The number of carbonyl (C=O) groups is 1. The van der Waals surface area contributed by atoms with Crippen LogP contribution in [0.15, 0.2) is 48.6 Å². The van der Waals surface area contributed by atoms with Crippen LogP contribution in [0, 0.1) is 17.8 Å². The van der Waals surface area contributed by atoms with Gasteiger partial charge in [-0.1, -0.05) is 42.7 Å². The van der Waals surface area contributed by atoms with Crippen LogP contribution in [-0.4, -0.2) is 55.3 Å². The van der Waals surface area contributed by atoms with Crippen molar-refractivity contribution in [2.45, 2.75) is 80.7 Å². The summed E-state index contributed by atoms with van der Waals surface area (Å²) >= 11 is 7.92. The fourth-order valence-corrected chi connectivity index (χ4v) is 9.16. The highest BCUT2D eigenvalue weighted by Crippen LogP contribution is 2.47. The summed E-state index contributed by atoms with van der Waals surface area (Å²) in [5.74, 6) is 2.02. The van der Waals surface area contributed by atoms with Crippen LogP contribution >= 0.6 is 23.5 Å². The number of aryl methyl sites for hydroxylation is 1. The van der Waals surface area contributed by atoms with Gasteiger partial charge < -0.3 is 19.5 Å². The molecule has 2 heterocycles. The van der Waals surface area contributed by atoms with Crippen LogP contribution in [0.4, 0.5) is 5.69 Å². The van der Waals surface area contributed by atoms with E-state index >= 15 is 0 Å². The molecule has 5 aliphatic rings. The highest BCUT2D eigenvalue weighted by atomic mass is 35.5. The molecule has 2 aliphatic heterocycles. The minimum atomic E-state index is -0.473. The van der Waals surface area contributed by atoms with E-state index < -0.39 is 6.10 Å². The molecule has 0 aromatic heterocycles. The first-order valence-corrected chi connectivity index (χ1v) is 17.3. The van der Waals surface area contributed by atoms with Gasteiger partial charge in [0.05, 0.1) is 29.8 Å². The number of hydrogen-bond donors (Lipinski definition) is 2. The van der Waals surface area contributed by atoms with E-state index in [1.807, 2.05) is 30.3 Å². The van der Waals surface area contributed by atoms with Gasteiger partial charge in [0.1, 0.15) is 5.75 Å². The fraction of sp³-hybridized carbons (Fsp3) is 0.571. The van der Waals surface area contributed by atoms with Crippen LogP contribution in [0.1, 0.15) is 72.9 Å². The predicted octanol–water partition coefficient (Wildman–Crippen LogP) is 6.72. The first kappa shape index (κ1) is 29.5. The maximum atomic E-state index is 13.6. The summed E-state index contributed by atoms with van der Waals surface area (Å²) in [5, 5.41) is 12.2. The van der Waals surface area contributed by atoms with E-state index in [1.165, 1.54) is 35.9 Å². The number of ether oxygens (including phenoxy) is 2. The van der Waals surface area contributed by atoms with Gasteiger partial charge in [0, 0.05) is 36.2 Å². The van der Waals surface area contributed by atoms with E-state index in [1.54, 1.807) is 7.11 Å². The van der Waals surface area contributed by atoms with Crippen LogP contribution < -0.4 is 14.4 Å². The largest absolute Gasteiger partial charge is 0.490 e. The number of halogens is 1. The molecule has 0 unspecified atom stereocenters. The molecule has 6 nitrogen and oxygen atoms in total. The molecule has 2 fully saturated rings. The molecule has 2 N–H and O–H groups in total. The second-order valence-corrected chi connectivity index (χ2v) is 15.0. The quantitative estimate of drug-likeness (QED) is 0.292. The molecular weight excluding hydrogens is 580 g/mol. The minimum Gasteiger partial charge on any atom is -0.490 e. The first-order valence-electron chi connectivity index (χ1n) is 16.1. The van der Waals surface area contributed by atoms with E-state index in [2.05, 4.69) is 27.8 Å². The lowest BCUT2D eigenvalue weighted by Gasteiger charge is -2.45. The average molecular weight is 623 g/mol. The van der Waals surface area contributed by atoms with Crippen molar-refractivity contribution in [1.82, 2.24) is 4.72 Å². The lowest BCUT2D eigenvalue weighted by Crippen LogP contribution is -2.49. The molecule has 2 aromatic rings. The van der Waals surface area contributed by atoms with Crippen molar-refractivity contribution in [3.63, 3.8) is 0 Å². The van der Waals surface area contributed by atoms with Crippen molar-refractivity contribution in [2.75, 3.05) is 31.7 Å². The summed E-state index contributed by atoms with van der Waals surface area (Å²) in [5.41, 5.74) is 4.10. The zero-order chi connectivity index (χ0) is 29.6. The number of aliphatic hydroxyl groups excluding tert-OH is 1. The molecule has 0 saturated heterocycles. The van der Waals surface area contributed by atoms with Crippen LogP contribution in [-0.2, 0) is 16.6 Å². The van der Waals surface area contributed by atoms with Crippen molar-refractivity contribution >= 4 is 35.1 Å². The van der Waals surface area contributed by atoms with Gasteiger partial charge in [-0.25, -0.2) is 0 Å². The lowest BCUT2D eigenvalue weighted by atomic mass is 9.68. The summed E-state index contributed by atoms with van der Waals surface area (Å²) in [6.45, 7) is 2.22. The van der Waals surface area contributed by atoms with Crippen molar-refractivity contribution < 1.29 is 19.4 Å². The Morgan fingerprint density at radius 2 is 2.07 bits per heavy atom. The van der Waals surface area contributed by atoms with Gasteiger partial charge in [0.2, 0.25) is 0 Å². The van der Waals surface area contributed by atoms with Crippen molar-refractivity contribution in [1.29, 1.82) is 0 Å². The van der Waals surface area contributed by atoms with Gasteiger partial charge in [-0.3, -0.25) is 9.52 Å². The molecular formula is C35H43ClN2O4S. The Kier molecular flexibility index (Phi) is 8.45. The number of methoxy groups -OCH3 is 1. The zero-order valence-electron chi connectivity index (χ0n) is 25.0. The molecule has 7 rings (SSSR count). The van der Waals surface area contributed by atoms with E-state index in [0.717, 1.165) is 74.5 Å². The van der Waals surface area contributed by atoms with Crippen molar-refractivity contribution in [2.24, 2.45) is 17.8 Å². The topological polar surface area (TPSA) is 71.0 Å². The molecule has 1 spiro atoms. The number of aliphatic hydroxyl groups is 1. The Morgan fingerprint density at radius 1 is 1.19 bits per heavy atom. The molecule has 2 aromatic carbocycles. The Morgan fingerprint density at radius 3 is 2.86 bits per heavy atom. The molecule has 8 heteroatoms. The molecule has 3 aliphatic carbocycles. The summed E-state index contributed by atoms with van der Waals surface area (Å²) < 4.78 is 15.7. The first-order chi connectivity index (χ1) is 20.9. The second kappa shape index (κ2) is 12.3. The number of nitrogens with one attached hydrogen (secondary N) is 1. The molecule has 43 heavy (non-hydrogen) atoms. The van der Waals surface area contributed by atoms with Crippen LogP contribution in [0.2, 0.25) is 5.02 Å². The van der Waals surface area contributed by atoms with Gasteiger partial charge in [-0.15, -0.1) is 0 Å². The molecule has 1 amide bonds. The standard InChI is InChI=1S/C35H43ClN2O4S/c1-41-32-6-2-5-30(39)27-12-9-25(27)19-38-20-35(15-3-4-23-17-26(36)11-13-28(23)35)21-42-31-14-10-24(18-29(31)38)34(40)37-43-33(32)16-22-7-8-22/h2,5,10-11,13-14,17-18,22,25,27,30,32-33,39H,3-4,6-9,12,15-16,19-21H2,1H3,(H,37,40)/b5-2-/t25-,27+,30-,32-,33-,35-/m0/s1. The number of anilines is 1. The number of rotatable bonds is 3. The number of benzene rings is 2. The number of hydrogen-bond acceptors (Lipinski definition) is 6. The third kappa shape index (κ3) is 6.07. The zero-order valence-corrected chi connectivity index (χ0v) is 26.5. The SMILES string of the molecule is CO[C@H]1C/C=C\[C@H](O)[C@@H]2CC[C@H]2CN2C[C@@]3(CCCc4cc(Cl)ccc43)COc3ccc(cc32)C(=O)NS[C@H]1CC1CC1. The Hall–Kier alpha value is -2.19. The maximum Gasteiger partial charge on any atom is 0.261 e. The third-order valence-electron chi connectivity index (χ3n) is 10.7. The monoisotopic (exact) mass is 622 g/mol. The average Bonchev–Trinajstić information content (AvgIpc) is 3.82. The lowest BCUT2D eigenvalue weighted by molar-refractivity contribution is 0.0451. The summed E-state index contributed by atoms with van der Waals surface area (Å²) in [7, 11) is 1.75. The number of amides is 1. The van der Waals surface area contributed by atoms with Crippen molar-refractivity contribution in [3.05, 3.63) is 70.3 Å². The van der Waals surface area contributed by atoms with E-state index in [0.29, 0.717) is 24.0 Å². The number of nitrogens with zero attached hydrogens (tertiary/aromatic N) is 1. The van der Waals surface area contributed by atoms with Gasteiger partial charge in [0.25, 0.3) is 5.91 Å². The Labute approximate surface area is 264 Å². The highest BCUT2D eigenvalue weighted by Gasteiger charge is 2.44. The third-order valence-corrected chi connectivity index (χ3v) is 12.0. The van der Waals surface area contributed by atoms with E-state index in [-0.39, 0.29) is 28.6 Å². The van der Waals surface area contributed by atoms with Gasteiger partial charge in [0.15, 0.2) is 0 Å². The second-order valence-electron chi connectivity index (χ2n) is 13.5. The van der Waals surface area contributed by atoms with Crippen molar-refractivity contribution in [3.8, 4) is 5.75 Å². The number of carbonyl (C=O) groups excluding carboxylic acids is 1. The molecule has 2 saturated carbocycles. The number of fused-ring (bicyclic) bond motifs is 4. The molecule has 6 atom stereocenters. The van der Waals surface area contributed by atoms with E-state index in [9.17, 15) is 9.90 Å². The van der Waals surface area contributed by atoms with Crippen LogP contribution in [0.3, 0.4) is 0 Å². The molecule has 230 valence electrons. The van der Waals surface area contributed by atoms with Gasteiger partial charge >= 0.3 is 0 Å². The Bertz CT molecular complexity index is 1380. The van der Waals surface area contributed by atoms with Gasteiger partial charge in [-0.2, -0.15) is 0 Å². The predicted molar refractivity (Wildman–Crippen MR) is 173 cm³/mol. The smallest absolute Gasteiger partial charge is 0.261 e. The maximum absolute atomic E-state index is 13.6. The van der Waals surface area contributed by atoms with Gasteiger partial charge in [-0.05, 0) is 116 Å². The normalized spacial score (nSPS) is 33.3. The van der Waals surface area contributed by atoms with E-state index in [4.69, 9.17) is 21.1 Å². The Balaban J connectivity index is 1.24. The molecule has 2 bridgehead atoms. The molecule has 0 radical (unpaired) electrons. The fourth-order valence-electron chi connectivity index (χ4n) is 7.85. The summed E-state index contributed by atoms with van der Waals surface area (Å²) in [6.07, 6.45) is 13.1. The highest BCUT2D eigenvalue weighted by molar-refractivity contribution is 7.98. The van der Waals surface area contributed by atoms with Crippen LogP contribution in [0.25, 0.3) is 0 Å².